The summed E-state index contributed by atoms with van der Waals surface area (Å²) in [6, 6.07) is 18.4. The molecule has 0 aliphatic heterocycles. The molecular weight excluding hydrogens is 625 g/mol. The number of ether oxygens (including phenoxy) is 4. The Morgan fingerprint density at radius 1 is 0.816 bits per heavy atom. The molecule has 0 unspecified atom stereocenters. The number of carbonyl (C=O) groups is 2. The second-order valence-electron chi connectivity index (χ2n) is 12.6. The number of methoxy groups -OCH3 is 3. The van der Waals surface area contributed by atoms with E-state index in [1.54, 1.807) is 24.3 Å². The van der Waals surface area contributed by atoms with E-state index in [2.05, 4.69) is 22.5 Å². The Hall–Kier alpha value is -4.68. The molecule has 3 rings (SSSR count). The zero-order valence-electron chi connectivity index (χ0n) is 29.5. The van der Waals surface area contributed by atoms with Crippen LogP contribution in [0, 0.1) is 11.8 Å². The molecule has 5 N–H and O–H groups in total. The van der Waals surface area contributed by atoms with Gasteiger partial charge in [0.1, 0.15) is 17.5 Å². The van der Waals surface area contributed by atoms with Gasteiger partial charge < -0.3 is 44.9 Å². The number of nitrogens with one attached hydrogen (secondary N) is 3. The number of amides is 2. The van der Waals surface area contributed by atoms with E-state index in [-0.39, 0.29) is 30.6 Å². The first kappa shape index (κ1) is 38.8. The predicted octanol–water partition coefficient (Wildman–Crippen LogP) is 4.45. The Labute approximate surface area is 290 Å². The first-order valence-electron chi connectivity index (χ1n) is 16.4. The second-order valence-corrected chi connectivity index (χ2v) is 12.6. The molecule has 3 atom stereocenters. The first-order chi connectivity index (χ1) is 23.4. The molecule has 0 heterocycles. The predicted molar refractivity (Wildman–Crippen MR) is 191 cm³/mol. The van der Waals surface area contributed by atoms with Gasteiger partial charge in [0.2, 0.25) is 17.6 Å². The summed E-state index contributed by atoms with van der Waals surface area (Å²) in [5.74, 6) is 0.973. The summed E-state index contributed by atoms with van der Waals surface area (Å²) >= 11 is 0. The Morgan fingerprint density at radius 3 is 2.08 bits per heavy atom. The molecule has 0 spiro atoms. The van der Waals surface area contributed by atoms with Gasteiger partial charge in [0.25, 0.3) is 0 Å². The highest BCUT2D eigenvalue weighted by Crippen LogP contribution is 2.40. The van der Waals surface area contributed by atoms with Crippen molar-refractivity contribution in [2.24, 2.45) is 11.8 Å². The molecule has 0 bridgehead atoms. The summed E-state index contributed by atoms with van der Waals surface area (Å²) in [5.41, 5.74) is 1.73. The molecule has 0 aromatic heterocycles. The molecule has 0 saturated carbocycles. The normalized spacial score (nSPS) is 12.8. The molecule has 2 amide bonds. The largest absolute Gasteiger partial charge is 0.493 e. The van der Waals surface area contributed by atoms with Crippen LogP contribution < -0.4 is 34.9 Å². The third-order valence-corrected chi connectivity index (χ3v) is 7.90. The fourth-order valence-corrected chi connectivity index (χ4v) is 5.53. The highest BCUT2D eigenvalue weighted by Gasteiger charge is 2.31. The highest BCUT2D eigenvalue weighted by molar-refractivity contribution is 6.43. The summed E-state index contributed by atoms with van der Waals surface area (Å²) in [7, 11) is 2.88. The molecule has 0 fully saturated rings. The Balaban J connectivity index is 1.88. The van der Waals surface area contributed by atoms with Crippen LogP contribution in [0.1, 0.15) is 45.2 Å². The van der Waals surface area contributed by atoms with Gasteiger partial charge >= 0.3 is 7.12 Å². The maximum atomic E-state index is 14.1. The van der Waals surface area contributed by atoms with E-state index < -0.39 is 31.1 Å². The first-order valence-corrected chi connectivity index (χ1v) is 16.4. The molecule has 11 nitrogen and oxygen atoms in total. The lowest BCUT2D eigenvalue weighted by molar-refractivity contribution is -0.129. The third kappa shape index (κ3) is 11.5. The summed E-state index contributed by atoms with van der Waals surface area (Å²) in [4.78, 5) is 27.6. The van der Waals surface area contributed by atoms with Crippen molar-refractivity contribution in [1.29, 1.82) is 0 Å². The Kier molecular flexibility index (Phi) is 14.8. The minimum atomic E-state index is -1.62. The van der Waals surface area contributed by atoms with Gasteiger partial charge in [-0.05, 0) is 54.2 Å². The van der Waals surface area contributed by atoms with Crippen molar-refractivity contribution in [3.8, 4) is 28.7 Å². The van der Waals surface area contributed by atoms with Crippen LogP contribution in [0.15, 0.2) is 79.0 Å². The number of benzene rings is 3. The molecule has 0 aliphatic carbocycles. The van der Waals surface area contributed by atoms with Crippen LogP contribution in [0.5, 0.6) is 28.7 Å². The third-order valence-electron chi connectivity index (χ3n) is 7.90. The molecule has 12 heteroatoms. The quantitative estimate of drug-likeness (QED) is 0.116. The van der Waals surface area contributed by atoms with E-state index in [1.165, 1.54) is 21.3 Å². The van der Waals surface area contributed by atoms with Crippen molar-refractivity contribution < 1.29 is 38.6 Å². The number of hydrogen-bond acceptors (Lipinski definition) is 9. The smallest absolute Gasteiger partial charge is 0.475 e. The van der Waals surface area contributed by atoms with Gasteiger partial charge in [-0.15, -0.1) is 0 Å². The fourth-order valence-electron chi connectivity index (χ4n) is 5.53. The summed E-state index contributed by atoms with van der Waals surface area (Å²) in [6.45, 7) is 11.9. The minimum absolute atomic E-state index is 0.00795. The average Bonchev–Trinajstić information content (AvgIpc) is 3.06. The van der Waals surface area contributed by atoms with Crippen molar-refractivity contribution >= 4 is 18.9 Å². The Bertz CT molecular complexity index is 1530. The van der Waals surface area contributed by atoms with Gasteiger partial charge in [-0.1, -0.05) is 70.7 Å². The number of para-hydroxylation sites is 1. The summed E-state index contributed by atoms with van der Waals surface area (Å²) < 4.78 is 22.6. The van der Waals surface area contributed by atoms with Gasteiger partial charge in [-0.3, -0.25) is 9.59 Å². The monoisotopic (exact) mass is 675 g/mol. The van der Waals surface area contributed by atoms with Crippen LogP contribution in [0.2, 0.25) is 0 Å². The van der Waals surface area contributed by atoms with Gasteiger partial charge in [-0.2, -0.15) is 0 Å². The standard InChI is InChI=1S/C37H50BN3O8/c1-23(2)19-32(38(44)45)39-25(5)34(24(3)4)41-37(43)30(22-27-17-18-31(46-6)36(48-8)35(27)47-7)40-33(42)21-26-13-12-16-29(20-26)49-28-14-10-9-11-15-28/h9-18,20,23-24,30,32,34,39,44-45H,5,19,21-22H2,1-4,6-8H3,(H,40,42)(H,41,43)/t30-,32-,34-/m0/s1. The van der Waals surface area contributed by atoms with E-state index in [1.807, 2.05) is 70.2 Å². The summed E-state index contributed by atoms with van der Waals surface area (Å²) in [6.07, 6.45) is 0.533. The van der Waals surface area contributed by atoms with Gasteiger partial charge in [-0.25, -0.2) is 0 Å². The number of rotatable bonds is 19. The lowest BCUT2D eigenvalue weighted by Gasteiger charge is -2.31. The zero-order valence-corrected chi connectivity index (χ0v) is 29.5. The molecule has 3 aromatic rings. The van der Waals surface area contributed by atoms with Crippen LogP contribution in [-0.4, -0.2) is 68.3 Å². The zero-order chi connectivity index (χ0) is 36.1. The molecule has 0 aliphatic rings. The topological polar surface area (TPSA) is 148 Å². The van der Waals surface area contributed by atoms with E-state index in [4.69, 9.17) is 18.9 Å². The SMILES string of the molecule is C=C(N[C@@H](CC(C)C)B(O)O)[C@@H](NC(=O)[C@H](Cc1ccc(OC)c(OC)c1OC)NC(=O)Cc1cccc(Oc2ccccc2)c1)C(C)C. The lowest BCUT2D eigenvalue weighted by Crippen LogP contribution is -2.55. The van der Waals surface area contributed by atoms with Crippen LogP contribution in [0.3, 0.4) is 0 Å². The maximum absolute atomic E-state index is 14.1. The van der Waals surface area contributed by atoms with Crippen molar-refractivity contribution in [2.75, 3.05) is 21.3 Å². The van der Waals surface area contributed by atoms with E-state index in [0.717, 1.165) is 0 Å². The van der Waals surface area contributed by atoms with Gasteiger partial charge in [0.15, 0.2) is 11.5 Å². The molecule has 0 radical (unpaired) electrons. The number of hydrogen-bond donors (Lipinski definition) is 5. The van der Waals surface area contributed by atoms with Crippen LogP contribution in [-0.2, 0) is 22.4 Å². The van der Waals surface area contributed by atoms with Crippen LogP contribution >= 0.6 is 0 Å². The molecular formula is C37H50BN3O8. The molecule has 49 heavy (non-hydrogen) atoms. The average molecular weight is 676 g/mol. The minimum Gasteiger partial charge on any atom is -0.493 e. The van der Waals surface area contributed by atoms with Gasteiger partial charge in [0.05, 0.1) is 39.7 Å². The van der Waals surface area contributed by atoms with E-state index in [0.29, 0.717) is 52.0 Å². The van der Waals surface area contributed by atoms with E-state index in [9.17, 15) is 19.6 Å². The van der Waals surface area contributed by atoms with Crippen molar-refractivity contribution in [3.63, 3.8) is 0 Å². The molecule has 0 saturated heterocycles. The number of carbonyl (C=O) groups excluding carboxylic acids is 2. The van der Waals surface area contributed by atoms with Crippen LogP contribution in [0.25, 0.3) is 0 Å². The van der Waals surface area contributed by atoms with Crippen molar-refractivity contribution in [2.45, 2.75) is 65.0 Å². The maximum Gasteiger partial charge on any atom is 0.475 e. The van der Waals surface area contributed by atoms with Gasteiger partial charge in [0, 0.05) is 17.7 Å². The Morgan fingerprint density at radius 2 is 1.49 bits per heavy atom. The van der Waals surface area contributed by atoms with Crippen molar-refractivity contribution in [1.82, 2.24) is 16.0 Å². The summed E-state index contributed by atoms with van der Waals surface area (Å²) in [5, 5.41) is 29.0. The van der Waals surface area contributed by atoms with E-state index >= 15 is 0 Å². The second kappa shape index (κ2) is 18.8. The van der Waals surface area contributed by atoms with Crippen LogP contribution in [0.4, 0.5) is 0 Å². The highest BCUT2D eigenvalue weighted by atomic mass is 16.5. The lowest BCUT2D eigenvalue weighted by atomic mass is 9.74. The van der Waals surface area contributed by atoms with Crippen molar-refractivity contribution in [3.05, 3.63) is 90.1 Å². The fraction of sp³-hybridized carbons (Fsp3) is 0.405. The molecule has 3 aromatic carbocycles. The molecule has 264 valence electrons.